The number of ether oxygens (including phenoxy) is 3. The topological polar surface area (TPSA) is 60.0 Å². The molecule has 158 valence electrons. The molecule has 1 N–H and O–H groups in total. The van der Waals surface area contributed by atoms with E-state index in [4.69, 9.17) is 14.2 Å². The second-order valence-electron chi connectivity index (χ2n) is 8.67. The fourth-order valence-corrected chi connectivity index (χ4v) is 4.33. The number of hydrogen-bond acceptors (Lipinski definition) is 5. The van der Waals surface area contributed by atoms with Gasteiger partial charge >= 0.3 is 0 Å². The highest BCUT2D eigenvalue weighted by Crippen LogP contribution is 2.40. The Kier molecular flexibility index (Phi) is 10.0. The monoisotopic (exact) mass is 384 g/mol. The van der Waals surface area contributed by atoms with Gasteiger partial charge in [0.25, 0.3) is 0 Å². The van der Waals surface area contributed by atoms with Crippen LogP contribution < -0.4 is 5.32 Å². The molecule has 1 amide bonds. The molecule has 1 aliphatic carbocycles. The predicted molar refractivity (Wildman–Crippen MR) is 107 cm³/mol. The van der Waals surface area contributed by atoms with Gasteiger partial charge in [0.15, 0.2) is 0 Å². The third-order valence-electron chi connectivity index (χ3n) is 6.17. The van der Waals surface area contributed by atoms with Crippen LogP contribution in [-0.2, 0) is 19.0 Å². The molecule has 2 fully saturated rings. The van der Waals surface area contributed by atoms with E-state index in [-0.39, 0.29) is 17.4 Å². The van der Waals surface area contributed by atoms with Crippen molar-refractivity contribution < 1.29 is 19.0 Å². The van der Waals surface area contributed by atoms with Crippen LogP contribution in [0.15, 0.2) is 0 Å². The van der Waals surface area contributed by atoms with Crippen LogP contribution >= 0.6 is 0 Å². The van der Waals surface area contributed by atoms with Gasteiger partial charge in [0, 0.05) is 33.2 Å². The maximum atomic E-state index is 12.6. The van der Waals surface area contributed by atoms with E-state index in [1.54, 1.807) is 7.11 Å². The number of morpholine rings is 1. The SMILES string of the molecule is COCCOCCN1CCOCC1CNC(=O)CC(C)(C)C1CCCCC1. The molecule has 27 heavy (non-hydrogen) atoms. The van der Waals surface area contributed by atoms with Crippen LogP contribution in [0.1, 0.15) is 52.4 Å². The van der Waals surface area contributed by atoms with E-state index >= 15 is 0 Å². The van der Waals surface area contributed by atoms with Crippen LogP contribution in [0.5, 0.6) is 0 Å². The molecule has 0 radical (unpaired) electrons. The highest BCUT2D eigenvalue weighted by atomic mass is 16.5. The molecular weight excluding hydrogens is 344 g/mol. The summed E-state index contributed by atoms with van der Waals surface area (Å²) in [5.74, 6) is 0.850. The lowest BCUT2D eigenvalue weighted by Gasteiger charge is -2.37. The minimum atomic E-state index is 0.0858. The van der Waals surface area contributed by atoms with E-state index in [0.29, 0.717) is 45.3 Å². The van der Waals surface area contributed by atoms with Crippen molar-refractivity contribution in [2.45, 2.75) is 58.4 Å². The lowest BCUT2D eigenvalue weighted by Crippen LogP contribution is -2.52. The minimum absolute atomic E-state index is 0.0858. The number of methoxy groups -OCH3 is 1. The van der Waals surface area contributed by atoms with Gasteiger partial charge in [-0.05, 0) is 24.2 Å². The van der Waals surface area contributed by atoms with E-state index in [9.17, 15) is 4.79 Å². The third kappa shape index (κ3) is 8.06. The molecular formula is C21H40N2O4. The van der Waals surface area contributed by atoms with Crippen LogP contribution in [0.3, 0.4) is 0 Å². The van der Waals surface area contributed by atoms with Gasteiger partial charge in [-0.15, -0.1) is 0 Å². The number of carbonyl (C=O) groups is 1. The van der Waals surface area contributed by atoms with Crippen LogP contribution in [0.2, 0.25) is 0 Å². The van der Waals surface area contributed by atoms with Gasteiger partial charge in [0.2, 0.25) is 5.91 Å². The van der Waals surface area contributed by atoms with E-state index in [0.717, 1.165) is 19.7 Å². The van der Waals surface area contributed by atoms with Crippen molar-refractivity contribution in [2.24, 2.45) is 11.3 Å². The Morgan fingerprint density at radius 3 is 2.70 bits per heavy atom. The van der Waals surface area contributed by atoms with Gasteiger partial charge in [-0.1, -0.05) is 33.1 Å². The highest BCUT2D eigenvalue weighted by Gasteiger charge is 2.33. The molecule has 0 spiro atoms. The zero-order valence-corrected chi connectivity index (χ0v) is 17.6. The first kappa shape index (κ1) is 22.6. The average molecular weight is 385 g/mol. The fraction of sp³-hybridized carbons (Fsp3) is 0.952. The average Bonchev–Trinajstić information content (AvgIpc) is 2.67. The number of rotatable bonds is 11. The van der Waals surface area contributed by atoms with Gasteiger partial charge < -0.3 is 19.5 Å². The first-order valence-electron chi connectivity index (χ1n) is 10.7. The summed E-state index contributed by atoms with van der Waals surface area (Å²) in [5.41, 5.74) is 0.0858. The van der Waals surface area contributed by atoms with Crippen molar-refractivity contribution in [2.75, 3.05) is 59.8 Å². The quantitative estimate of drug-likeness (QED) is 0.555. The molecule has 1 unspecified atom stereocenters. The Bertz CT molecular complexity index is 424. The smallest absolute Gasteiger partial charge is 0.220 e. The van der Waals surface area contributed by atoms with E-state index < -0.39 is 0 Å². The van der Waals surface area contributed by atoms with Crippen LogP contribution in [0.4, 0.5) is 0 Å². The van der Waals surface area contributed by atoms with Crippen molar-refractivity contribution in [3.05, 3.63) is 0 Å². The summed E-state index contributed by atoms with van der Waals surface area (Å²) in [5, 5.41) is 3.17. The Balaban J connectivity index is 1.71. The zero-order chi connectivity index (χ0) is 19.5. The Hall–Kier alpha value is -0.690. The molecule has 0 aromatic heterocycles. The maximum Gasteiger partial charge on any atom is 0.220 e. The predicted octanol–water partition coefficient (Wildman–Crippen LogP) is 2.46. The van der Waals surface area contributed by atoms with Crippen LogP contribution in [-0.4, -0.2) is 76.6 Å². The van der Waals surface area contributed by atoms with Crippen LogP contribution in [0.25, 0.3) is 0 Å². The number of nitrogens with zero attached hydrogens (tertiary/aromatic N) is 1. The van der Waals surface area contributed by atoms with Crippen molar-refractivity contribution in [3.8, 4) is 0 Å². The lowest BCUT2D eigenvalue weighted by molar-refractivity contribution is -0.124. The molecule has 2 aliphatic rings. The van der Waals surface area contributed by atoms with E-state index in [1.165, 1.54) is 32.1 Å². The molecule has 2 rings (SSSR count). The summed E-state index contributed by atoms with van der Waals surface area (Å²) in [6.45, 7) is 10.3. The highest BCUT2D eigenvalue weighted by molar-refractivity contribution is 5.76. The summed E-state index contributed by atoms with van der Waals surface area (Å²) in [6.07, 6.45) is 7.14. The molecule has 1 saturated heterocycles. The Morgan fingerprint density at radius 2 is 1.96 bits per heavy atom. The van der Waals surface area contributed by atoms with Crippen molar-refractivity contribution >= 4 is 5.91 Å². The van der Waals surface area contributed by atoms with Crippen LogP contribution in [0, 0.1) is 11.3 Å². The minimum Gasteiger partial charge on any atom is -0.382 e. The van der Waals surface area contributed by atoms with Crippen molar-refractivity contribution in [1.82, 2.24) is 10.2 Å². The molecule has 0 aromatic carbocycles. The molecule has 0 aromatic rings. The third-order valence-corrected chi connectivity index (χ3v) is 6.17. The number of amides is 1. The largest absolute Gasteiger partial charge is 0.382 e. The molecule has 1 heterocycles. The van der Waals surface area contributed by atoms with Crippen molar-refractivity contribution in [3.63, 3.8) is 0 Å². The van der Waals surface area contributed by atoms with Gasteiger partial charge in [-0.3, -0.25) is 9.69 Å². The van der Waals surface area contributed by atoms with E-state index in [1.807, 2.05) is 0 Å². The second kappa shape index (κ2) is 12.0. The normalized spacial score (nSPS) is 22.7. The standard InChI is InChI=1S/C21H40N2O4/c1-21(2,18-7-5-4-6-8-18)15-20(24)22-16-19-17-27-12-10-23(19)9-11-26-14-13-25-3/h18-19H,4-17H2,1-3H3,(H,22,24). The maximum absolute atomic E-state index is 12.6. The lowest BCUT2D eigenvalue weighted by atomic mass is 9.69. The second-order valence-corrected chi connectivity index (χ2v) is 8.67. The number of carbonyl (C=O) groups excluding carboxylic acids is 1. The summed E-state index contributed by atoms with van der Waals surface area (Å²) < 4.78 is 16.2. The van der Waals surface area contributed by atoms with Gasteiger partial charge in [-0.2, -0.15) is 0 Å². The van der Waals surface area contributed by atoms with Gasteiger partial charge in [0.05, 0.1) is 39.1 Å². The molecule has 0 bridgehead atoms. The Morgan fingerprint density at radius 1 is 1.19 bits per heavy atom. The summed E-state index contributed by atoms with van der Waals surface area (Å²) in [7, 11) is 1.68. The van der Waals surface area contributed by atoms with Crippen molar-refractivity contribution in [1.29, 1.82) is 0 Å². The zero-order valence-electron chi connectivity index (χ0n) is 17.6. The molecule has 6 nitrogen and oxygen atoms in total. The molecule has 6 heteroatoms. The first-order valence-corrected chi connectivity index (χ1v) is 10.7. The van der Waals surface area contributed by atoms with Gasteiger partial charge in [-0.25, -0.2) is 0 Å². The van der Waals surface area contributed by atoms with Gasteiger partial charge in [0.1, 0.15) is 0 Å². The Labute approximate surface area is 165 Å². The van der Waals surface area contributed by atoms with E-state index in [2.05, 4.69) is 24.1 Å². The number of nitrogens with one attached hydrogen (secondary N) is 1. The summed E-state index contributed by atoms with van der Waals surface area (Å²) in [4.78, 5) is 14.9. The summed E-state index contributed by atoms with van der Waals surface area (Å²) >= 11 is 0. The molecule has 1 atom stereocenters. The molecule has 1 saturated carbocycles. The number of hydrogen-bond donors (Lipinski definition) is 1. The fourth-order valence-electron chi connectivity index (χ4n) is 4.33. The first-order chi connectivity index (χ1) is 13.0. The molecule has 1 aliphatic heterocycles. The summed E-state index contributed by atoms with van der Waals surface area (Å²) in [6, 6.07) is 0.228.